The highest BCUT2D eigenvalue weighted by molar-refractivity contribution is 6.31. The van der Waals surface area contributed by atoms with Gasteiger partial charge in [-0.1, -0.05) is 17.7 Å². The van der Waals surface area contributed by atoms with Gasteiger partial charge in [0.1, 0.15) is 5.69 Å². The molecule has 6 rings (SSSR count). The summed E-state index contributed by atoms with van der Waals surface area (Å²) < 4.78 is 43.6. The zero-order valence-electron chi connectivity index (χ0n) is 25.4. The summed E-state index contributed by atoms with van der Waals surface area (Å²) in [5, 5.41) is 16.9. The number of carbonyl (C=O) groups excluding carboxylic acids is 1. The van der Waals surface area contributed by atoms with Crippen molar-refractivity contribution in [1.82, 2.24) is 34.6 Å². The van der Waals surface area contributed by atoms with Crippen molar-refractivity contribution in [3.05, 3.63) is 77.0 Å². The molecule has 46 heavy (non-hydrogen) atoms. The Balaban J connectivity index is 1.11. The summed E-state index contributed by atoms with van der Waals surface area (Å²) in [6.07, 6.45) is 7.38. The van der Waals surface area contributed by atoms with Crippen LogP contribution in [0.15, 0.2) is 49.3 Å². The van der Waals surface area contributed by atoms with Gasteiger partial charge in [0.15, 0.2) is 5.82 Å². The van der Waals surface area contributed by atoms with E-state index in [1.165, 1.54) is 6.20 Å². The van der Waals surface area contributed by atoms with Crippen molar-refractivity contribution in [3.8, 4) is 11.3 Å². The molecule has 0 saturated carbocycles. The van der Waals surface area contributed by atoms with Crippen LogP contribution in [-0.2, 0) is 0 Å². The van der Waals surface area contributed by atoms with Gasteiger partial charge >= 0.3 is 0 Å². The van der Waals surface area contributed by atoms with Gasteiger partial charge in [-0.05, 0) is 39.7 Å². The first-order valence-corrected chi connectivity index (χ1v) is 15.4. The Morgan fingerprint density at radius 1 is 1.09 bits per heavy atom. The van der Waals surface area contributed by atoms with Crippen LogP contribution >= 0.6 is 11.6 Å². The lowest BCUT2D eigenvalue weighted by Gasteiger charge is -2.48. The number of aliphatic hydroxyl groups is 1. The second-order valence-electron chi connectivity index (χ2n) is 11.7. The van der Waals surface area contributed by atoms with Gasteiger partial charge in [-0.25, -0.2) is 28.1 Å². The molecule has 1 amide bonds. The number of hydrogen-bond acceptors (Lipinski definition) is 9. The highest BCUT2D eigenvalue weighted by atomic mass is 35.5. The second-order valence-corrected chi connectivity index (χ2v) is 12.1. The van der Waals surface area contributed by atoms with Crippen LogP contribution in [-0.4, -0.2) is 82.9 Å². The van der Waals surface area contributed by atoms with E-state index in [0.29, 0.717) is 11.6 Å². The van der Waals surface area contributed by atoms with Crippen LogP contribution in [0, 0.1) is 5.82 Å². The first-order chi connectivity index (χ1) is 22.0. The fourth-order valence-electron chi connectivity index (χ4n) is 6.16. The minimum absolute atomic E-state index is 0.128. The van der Waals surface area contributed by atoms with Gasteiger partial charge in [-0.3, -0.25) is 19.4 Å². The van der Waals surface area contributed by atoms with E-state index in [1.54, 1.807) is 23.3 Å². The molecule has 1 aromatic carbocycles. The number of hydrogen-bond donors (Lipinski definition) is 2. The highest BCUT2D eigenvalue weighted by Crippen LogP contribution is 2.36. The van der Waals surface area contributed by atoms with Crippen LogP contribution in [0.5, 0.6) is 0 Å². The number of amides is 1. The van der Waals surface area contributed by atoms with Gasteiger partial charge in [0, 0.05) is 66.5 Å². The van der Waals surface area contributed by atoms with Crippen molar-refractivity contribution >= 4 is 29.1 Å². The number of aromatic nitrogens is 6. The molecule has 2 fully saturated rings. The summed E-state index contributed by atoms with van der Waals surface area (Å²) in [5.74, 6) is -1.11. The van der Waals surface area contributed by atoms with Crippen molar-refractivity contribution in [2.24, 2.45) is 0 Å². The van der Waals surface area contributed by atoms with Gasteiger partial charge in [0.2, 0.25) is 5.95 Å². The van der Waals surface area contributed by atoms with E-state index in [1.807, 2.05) is 6.92 Å². The summed E-state index contributed by atoms with van der Waals surface area (Å²) in [6.45, 7) is 7.93. The van der Waals surface area contributed by atoms with E-state index >= 15 is 0 Å². The minimum atomic E-state index is -2.99. The Bertz CT molecular complexity index is 1720. The average molecular weight is 656 g/mol. The molecule has 2 aliphatic rings. The fraction of sp³-hybridized carbons (Fsp3) is 0.419. The molecular weight excluding hydrogens is 623 g/mol. The van der Waals surface area contributed by atoms with E-state index in [0.717, 1.165) is 56.0 Å². The monoisotopic (exact) mass is 655 g/mol. The van der Waals surface area contributed by atoms with E-state index in [9.17, 15) is 23.1 Å². The predicted molar refractivity (Wildman–Crippen MR) is 165 cm³/mol. The minimum Gasteiger partial charge on any atom is -0.391 e. The molecule has 2 saturated heterocycles. The Labute approximate surface area is 268 Å². The number of nitrogens with one attached hydrogen (secondary N) is 1. The van der Waals surface area contributed by atoms with Crippen molar-refractivity contribution in [3.63, 3.8) is 0 Å². The number of nitrogens with zero attached hydrogens (tertiary/aromatic N) is 8. The van der Waals surface area contributed by atoms with E-state index < -0.39 is 29.3 Å². The van der Waals surface area contributed by atoms with Crippen LogP contribution in [0.2, 0.25) is 5.02 Å². The quantitative estimate of drug-likeness (QED) is 0.252. The van der Waals surface area contributed by atoms with Gasteiger partial charge < -0.3 is 15.3 Å². The van der Waals surface area contributed by atoms with Crippen molar-refractivity contribution in [1.29, 1.82) is 0 Å². The maximum Gasteiger partial charge on any atom is 0.275 e. The Hall–Kier alpha value is -4.14. The average Bonchev–Trinajstić information content (AvgIpc) is 3.63. The van der Waals surface area contributed by atoms with Gasteiger partial charge in [-0.15, -0.1) is 0 Å². The van der Waals surface area contributed by atoms with Crippen LogP contribution in [0.1, 0.15) is 67.7 Å². The number of anilines is 2. The van der Waals surface area contributed by atoms with E-state index in [2.05, 4.69) is 54.0 Å². The first-order valence-electron chi connectivity index (χ1n) is 15.0. The zero-order chi connectivity index (χ0) is 32.7. The number of carbonyl (C=O) groups is 1. The Morgan fingerprint density at radius 3 is 2.50 bits per heavy atom. The van der Waals surface area contributed by atoms with E-state index in [4.69, 9.17) is 11.6 Å². The van der Waals surface area contributed by atoms with Crippen LogP contribution in [0.4, 0.5) is 24.8 Å². The Morgan fingerprint density at radius 2 is 1.85 bits per heavy atom. The van der Waals surface area contributed by atoms with Crippen LogP contribution in [0.3, 0.4) is 0 Å². The summed E-state index contributed by atoms with van der Waals surface area (Å²) in [6, 6.07) is 2.45. The maximum atomic E-state index is 14.8. The topological polar surface area (TPSA) is 125 Å². The third-order valence-corrected chi connectivity index (χ3v) is 9.34. The van der Waals surface area contributed by atoms with E-state index in [-0.39, 0.29) is 46.7 Å². The lowest BCUT2D eigenvalue weighted by molar-refractivity contribution is 0.0900. The molecule has 3 aromatic heterocycles. The molecule has 15 heteroatoms. The molecule has 1 unspecified atom stereocenters. The molecule has 2 N–H and O–H groups in total. The molecule has 5 heterocycles. The number of aliphatic hydroxyl groups excluding tert-OH is 1. The lowest BCUT2D eigenvalue weighted by atomic mass is 9.95. The van der Waals surface area contributed by atoms with Crippen LogP contribution in [0.25, 0.3) is 11.3 Å². The van der Waals surface area contributed by atoms with Crippen molar-refractivity contribution in [2.75, 3.05) is 23.3 Å². The fourth-order valence-corrected chi connectivity index (χ4v) is 6.32. The molecule has 0 radical (unpaired) electrons. The number of halogens is 4. The molecular formula is C31H33ClF3N9O2. The molecule has 0 bridgehead atoms. The third-order valence-electron chi connectivity index (χ3n) is 9.05. The smallest absolute Gasteiger partial charge is 0.275 e. The summed E-state index contributed by atoms with van der Waals surface area (Å²) in [5.41, 5.74) is -0.432. The van der Waals surface area contributed by atoms with Crippen molar-refractivity contribution < 1.29 is 23.1 Å². The molecule has 4 aromatic rings. The Kier molecular flexibility index (Phi) is 8.95. The first kappa shape index (κ1) is 31.8. The molecule has 242 valence electrons. The SMILES string of the molecule is CC(c1cnc(N2CC[C@H]2[C@@H](C)N2CC[C@H](O)[C@@H]2C)nc1)n1cc(NC(=O)c2cncc(-c3c(C(F)F)ccc(Cl)c3F)n2)cn1. The lowest BCUT2D eigenvalue weighted by Crippen LogP contribution is -2.60. The molecule has 0 spiro atoms. The number of rotatable bonds is 9. The third kappa shape index (κ3) is 6.04. The zero-order valence-corrected chi connectivity index (χ0v) is 26.1. The highest BCUT2D eigenvalue weighted by Gasteiger charge is 2.41. The van der Waals surface area contributed by atoms with Crippen molar-refractivity contribution in [2.45, 2.75) is 70.3 Å². The summed E-state index contributed by atoms with van der Waals surface area (Å²) >= 11 is 5.83. The second kappa shape index (κ2) is 12.9. The number of benzene rings is 1. The van der Waals surface area contributed by atoms with Gasteiger partial charge in [0.05, 0.1) is 47.1 Å². The molecule has 0 aliphatic carbocycles. The maximum absolute atomic E-state index is 14.8. The largest absolute Gasteiger partial charge is 0.391 e. The molecule has 5 atom stereocenters. The van der Waals surface area contributed by atoms with Crippen LogP contribution < -0.4 is 10.2 Å². The number of alkyl halides is 2. The normalized spacial score (nSPS) is 21.3. The van der Waals surface area contributed by atoms with Gasteiger partial charge in [-0.2, -0.15) is 5.10 Å². The predicted octanol–water partition coefficient (Wildman–Crippen LogP) is 5.14. The summed E-state index contributed by atoms with van der Waals surface area (Å²) in [4.78, 5) is 34.8. The standard InChI is InChI=1S/C31H33ClF3N9O2/c1-16(19-10-37-31(38-11-19)43-8-6-25(43)17(2)42-9-7-26(45)18(42)3)44-15-20(12-39-44)40-30(46)24-14-36-13-23(41-24)27-21(29(34)35)4-5-22(32)28(27)33/h4-5,10-18,25-26,29,45H,6-9H2,1-3H3,(H,40,46)/t16?,17-,18+,25+,26+/m1/s1. The number of likely N-dealkylation sites (tertiary alicyclic amines) is 1. The molecule has 2 aliphatic heterocycles. The van der Waals surface area contributed by atoms with Gasteiger partial charge in [0.25, 0.3) is 12.3 Å². The molecule has 11 nitrogen and oxygen atoms in total. The summed E-state index contributed by atoms with van der Waals surface area (Å²) in [7, 11) is 0.